The van der Waals surface area contributed by atoms with E-state index in [0.29, 0.717) is 10.7 Å². The number of nitrogens with one attached hydrogen (secondary N) is 1. The number of carbonyl (C=O) groups excluding carboxylic acids is 1. The van der Waals surface area contributed by atoms with Crippen molar-refractivity contribution in [2.75, 3.05) is 5.32 Å². The second-order valence-electron chi connectivity index (χ2n) is 4.45. The van der Waals surface area contributed by atoms with E-state index in [1.807, 2.05) is 17.5 Å². The van der Waals surface area contributed by atoms with Gasteiger partial charge in [-0.1, -0.05) is 15.9 Å². The van der Waals surface area contributed by atoms with Crippen LogP contribution in [0.3, 0.4) is 0 Å². The van der Waals surface area contributed by atoms with Gasteiger partial charge in [-0.3, -0.25) is 4.79 Å². The van der Waals surface area contributed by atoms with E-state index in [-0.39, 0.29) is 12.5 Å². The first-order chi connectivity index (χ1) is 11.0. The Kier molecular flexibility index (Phi) is 4.74. The lowest BCUT2D eigenvalue weighted by Crippen LogP contribution is -2.29. The molecule has 0 aliphatic rings. The van der Waals surface area contributed by atoms with Gasteiger partial charge in [0, 0.05) is 8.95 Å². The summed E-state index contributed by atoms with van der Waals surface area (Å²) >= 11 is 8.07. The van der Waals surface area contributed by atoms with Gasteiger partial charge in [-0.05, 0) is 62.1 Å². The van der Waals surface area contributed by atoms with Crippen LogP contribution in [0.15, 0.2) is 49.5 Å². The van der Waals surface area contributed by atoms with E-state index in [0.717, 1.165) is 18.3 Å². The van der Waals surface area contributed by atoms with E-state index in [1.165, 1.54) is 11.3 Å². The van der Waals surface area contributed by atoms with E-state index in [2.05, 4.69) is 47.6 Å². The van der Waals surface area contributed by atoms with Gasteiger partial charge in [-0.25, -0.2) is 4.79 Å². The van der Waals surface area contributed by atoms with Crippen molar-refractivity contribution in [3.05, 3.63) is 55.1 Å². The van der Waals surface area contributed by atoms with Gasteiger partial charge in [-0.15, -0.1) is 11.3 Å². The SMILES string of the molecule is O=C(Cn1nnn(-c2cccs2)c1=O)Nc1ccc(Br)cc1Br. The molecule has 3 rings (SSSR count). The van der Waals surface area contributed by atoms with Gasteiger partial charge in [0.05, 0.1) is 5.69 Å². The molecular weight excluding hydrogens is 450 g/mol. The minimum absolute atomic E-state index is 0.216. The second kappa shape index (κ2) is 6.77. The van der Waals surface area contributed by atoms with Crippen molar-refractivity contribution in [2.45, 2.75) is 6.54 Å². The Morgan fingerprint density at radius 3 is 2.78 bits per heavy atom. The van der Waals surface area contributed by atoms with Gasteiger partial charge in [0.1, 0.15) is 11.5 Å². The number of aromatic nitrogens is 4. The monoisotopic (exact) mass is 457 g/mol. The van der Waals surface area contributed by atoms with Crippen molar-refractivity contribution in [1.82, 2.24) is 19.8 Å². The zero-order valence-electron chi connectivity index (χ0n) is 11.4. The fourth-order valence-electron chi connectivity index (χ4n) is 1.82. The molecule has 0 unspecified atom stereocenters. The zero-order chi connectivity index (χ0) is 16.4. The summed E-state index contributed by atoms with van der Waals surface area (Å²) in [4.78, 5) is 24.3. The lowest BCUT2D eigenvalue weighted by molar-refractivity contribution is -0.117. The molecule has 2 heterocycles. The van der Waals surface area contributed by atoms with Crippen LogP contribution in [0.25, 0.3) is 5.00 Å². The number of rotatable bonds is 4. The fourth-order valence-corrected chi connectivity index (χ4v) is 3.63. The molecule has 1 aromatic carbocycles. The molecule has 0 bridgehead atoms. The topological polar surface area (TPSA) is 81.8 Å². The highest BCUT2D eigenvalue weighted by Gasteiger charge is 2.13. The average Bonchev–Trinajstić information content (AvgIpc) is 3.13. The summed E-state index contributed by atoms with van der Waals surface area (Å²) in [5.41, 5.74) is 0.148. The maximum absolute atomic E-state index is 12.2. The lowest BCUT2D eigenvalue weighted by atomic mass is 10.3. The van der Waals surface area contributed by atoms with E-state index in [1.54, 1.807) is 18.2 Å². The normalized spacial score (nSPS) is 10.7. The first kappa shape index (κ1) is 16.1. The predicted octanol–water partition coefficient (Wildman–Crippen LogP) is 2.65. The Bertz CT molecular complexity index is 903. The van der Waals surface area contributed by atoms with Crippen LogP contribution >= 0.6 is 43.2 Å². The first-order valence-corrected chi connectivity index (χ1v) is 8.83. The third-order valence-corrected chi connectivity index (χ3v) is 4.85. The molecule has 0 radical (unpaired) electrons. The molecular formula is C13H9Br2N5O2S. The highest BCUT2D eigenvalue weighted by atomic mass is 79.9. The summed E-state index contributed by atoms with van der Waals surface area (Å²) in [6.45, 7) is -0.216. The number of thiophene rings is 1. The van der Waals surface area contributed by atoms with E-state index >= 15 is 0 Å². The van der Waals surface area contributed by atoms with Crippen LogP contribution in [0.2, 0.25) is 0 Å². The Balaban J connectivity index is 1.75. The molecule has 1 amide bonds. The largest absolute Gasteiger partial charge is 0.369 e. The minimum Gasteiger partial charge on any atom is -0.323 e. The Hall–Kier alpha value is -1.78. The summed E-state index contributed by atoms with van der Waals surface area (Å²) in [5, 5.41) is 12.7. The molecule has 0 aliphatic heterocycles. The van der Waals surface area contributed by atoms with Gasteiger partial charge >= 0.3 is 5.69 Å². The van der Waals surface area contributed by atoms with Crippen LogP contribution in [-0.4, -0.2) is 25.7 Å². The van der Waals surface area contributed by atoms with Crippen LogP contribution < -0.4 is 11.0 Å². The number of hydrogen-bond donors (Lipinski definition) is 1. The molecule has 2 aromatic heterocycles. The van der Waals surface area contributed by atoms with Crippen LogP contribution in [0.1, 0.15) is 0 Å². The summed E-state index contributed by atoms with van der Waals surface area (Å²) in [6, 6.07) is 8.93. The molecule has 10 heteroatoms. The van der Waals surface area contributed by atoms with Gasteiger partial charge in [-0.2, -0.15) is 9.36 Å². The van der Waals surface area contributed by atoms with Crippen molar-refractivity contribution in [2.24, 2.45) is 0 Å². The summed E-state index contributed by atoms with van der Waals surface area (Å²) in [5.74, 6) is -0.367. The Labute approximate surface area is 151 Å². The average molecular weight is 459 g/mol. The number of carbonyl (C=O) groups is 1. The molecule has 0 atom stereocenters. The number of amides is 1. The molecule has 1 N–H and O–H groups in total. The van der Waals surface area contributed by atoms with Gasteiger partial charge in [0.25, 0.3) is 0 Å². The molecule has 118 valence electrons. The lowest BCUT2D eigenvalue weighted by Gasteiger charge is -2.07. The molecule has 7 nitrogen and oxygen atoms in total. The number of halogens is 2. The van der Waals surface area contributed by atoms with Crippen molar-refractivity contribution in [1.29, 1.82) is 0 Å². The van der Waals surface area contributed by atoms with Crippen LogP contribution in [0, 0.1) is 0 Å². The third kappa shape index (κ3) is 3.59. The molecule has 0 fully saturated rings. The minimum atomic E-state index is -0.461. The Morgan fingerprint density at radius 2 is 2.09 bits per heavy atom. The van der Waals surface area contributed by atoms with Crippen molar-refractivity contribution in [3.63, 3.8) is 0 Å². The van der Waals surface area contributed by atoms with E-state index in [9.17, 15) is 9.59 Å². The highest BCUT2D eigenvalue weighted by Crippen LogP contribution is 2.26. The predicted molar refractivity (Wildman–Crippen MR) is 94.0 cm³/mol. The van der Waals surface area contributed by atoms with Crippen molar-refractivity contribution < 1.29 is 4.79 Å². The number of benzene rings is 1. The van der Waals surface area contributed by atoms with Crippen molar-refractivity contribution >= 4 is 54.8 Å². The van der Waals surface area contributed by atoms with Gasteiger partial charge in [0.2, 0.25) is 5.91 Å². The number of anilines is 1. The maximum atomic E-state index is 12.2. The number of nitrogens with zero attached hydrogens (tertiary/aromatic N) is 4. The summed E-state index contributed by atoms with van der Waals surface area (Å²) in [7, 11) is 0. The highest BCUT2D eigenvalue weighted by molar-refractivity contribution is 9.11. The first-order valence-electron chi connectivity index (χ1n) is 6.36. The Morgan fingerprint density at radius 1 is 1.26 bits per heavy atom. The zero-order valence-corrected chi connectivity index (χ0v) is 15.4. The van der Waals surface area contributed by atoms with Gasteiger partial charge < -0.3 is 5.32 Å². The van der Waals surface area contributed by atoms with Crippen LogP contribution in [0.4, 0.5) is 5.69 Å². The number of tetrazole rings is 1. The standard InChI is InChI=1S/C13H9Br2N5O2S/c14-8-3-4-10(9(15)6-8)16-11(21)7-19-13(22)20(18-17-19)12-2-1-5-23-12/h1-6H,7H2,(H,16,21). The third-order valence-electron chi connectivity index (χ3n) is 2.85. The van der Waals surface area contributed by atoms with Crippen LogP contribution in [-0.2, 0) is 11.3 Å². The van der Waals surface area contributed by atoms with E-state index in [4.69, 9.17) is 0 Å². The van der Waals surface area contributed by atoms with E-state index < -0.39 is 5.69 Å². The molecule has 0 aliphatic carbocycles. The quantitative estimate of drug-likeness (QED) is 0.651. The fraction of sp³-hybridized carbons (Fsp3) is 0.0769. The molecule has 3 aromatic rings. The number of hydrogen-bond acceptors (Lipinski definition) is 5. The molecule has 0 spiro atoms. The summed E-state index contributed by atoms with van der Waals surface area (Å²) in [6.07, 6.45) is 0. The van der Waals surface area contributed by atoms with Crippen molar-refractivity contribution in [3.8, 4) is 5.00 Å². The molecule has 23 heavy (non-hydrogen) atoms. The second-order valence-corrected chi connectivity index (χ2v) is 7.15. The van der Waals surface area contributed by atoms with Gasteiger partial charge in [0.15, 0.2) is 0 Å². The van der Waals surface area contributed by atoms with Crippen LogP contribution in [0.5, 0.6) is 0 Å². The smallest absolute Gasteiger partial charge is 0.323 e. The summed E-state index contributed by atoms with van der Waals surface area (Å²) < 4.78 is 3.79. The maximum Gasteiger partial charge on any atom is 0.369 e. The molecule has 0 saturated carbocycles. The molecule has 0 saturated heterocycles.